The van der Waals surface area contributed by atoms with Gasteiger partial charge in [0.25, 0.3) is 0 Å². The Kier molecular flexibility index (Phi) is 7.71. The minimum Gasteiger partial charge on any atom is -0.381 e. The van der Waals surface area contributed by atoms with Crippen LogP contribution in [0.1, 0.15) is 74.5 Å². The smallest absolute Gasteiger partial charge is 0.381 e. The molecule has 35 heavy (non-hydrogen) atoms. The predicted octanol–water partition coefficient (Wildman–Crippen LogP) is 5.84. The highest BCUT2D eigenvalue weighted by Gasteiger charge is 2.51. The highest BCUT2D eigenvalue weighted by Crippen LogP contribution is 2.51. The first-order valence-corrected chi connectivity index (χ1v) is 12.4. The topological polar surface area (TPSA) is 50.4 Å². The molecule has 1 amide bonds. The van der Waals surface area contributed by atoms with Gasteiger partial charge in [-0.25, -0.2) is 0 Å². The molecule has 1 aliphatic heterocycles. The molecular formula is C25H32F6N2O2. The highest BCUT2D eigenvalue weighted by atomic mass is 19.4. The number of carbonyl (C=O) groups is 1. The molecule has 3 aliphatic rings. The Morgan fingerprint density at radius 3 is 2.06 bits per heavy atom. The van der Waals surface area contributed by atoms with Crippen molar-refractivity contribution in [2.24, 2.45) is 11.3 Å². The first kappa shape index (κ1) is 26.3. The van der Waals surface area contributed by atoms with E-state index in [0.717, 1.165) is 44.9 Å². The van der Waals surface area contributed by atoms with Crippen molar-refractivity contribution in [3.63, 3.8) is 0 Å². The molecule has 196 valence electrons. The van der Waals surface area contributed by atoms with Crippen LogP contribution in [0.15, 0.2) is 18.2 Å². The van der Waals surface area contributed by atoms with Crippen LogP contribution < -0.4 is 10.6 Å². The predicted molar refractivity (Wildman–Crippen MR) is 117 cm³/mol. The second-order valence-electron chi connectivity index (χ2n) is 10.2. The summed E-state index contributed by atoms with van der Waals surface area (Å²) in [5, 5.41) is 6.38. The monoisotopic (exact) mass is 506 g/mol. The van der Waals surface area contributed by atoms with E-state index >= 15 is 0 Å². The van der Waals surface area contributed by atoms with Gasteiger partial charge in [0.05, 0.1) is 16.5 Å². The minimum atomic E-state index is -4.92. The molecule has 0 aromatic heterocycles. The van der Waals surface area contributed by atoms with E-state index in [1.807, 2.05) is 0 Å². The van der Waals surface area contributed by atoms with Crippen molar-refractivity contribution in [1.82, 2.24) is 10.6 Å². The van der Waals surface area contributed by atoms with Crippen molar-refractivity contribution < 1.29 is 35.9 Å². The summed E-state index contributed by atoms with van der Waals surface area (Å²) in [4.78, 5) is 13.5. The molecule has 0 spiro atoms. The van der Waals surface area contributed by atoms with E-state index in [0.29, 0.717) is 44.2 Å². The summed E-state index contributed by atoms with van der Waals surface area (Å²) in [5.41, 5.74) is -3.60. The number of amides is 1. The van der Waals surface area contributed by atoms with Gasteiger partial charge in [0.15, 0.2) is 0 Å². The lowest BCUT2D eigenvalue weighted by Crippen LogP contribution is -2.46. The van der Waals surface area contributed by atoms with Crippen LogP contribution in [0.5, 0.6) is 0 Å². The number of hydrogen-bond donors (Lipinski definition) is 2. The second-order valence-corrected chi connectivity index (χ2v) is 10.2. The lowest BCUT2D eigenvalue weighted by atomic mass is 9.71. The lowest BCUT2D eigenvalue weighted by molar-refractivity contribution is -0.143. The number of alkyl halides is 6. The van der Waals surface area contributed by atoms with Crippen LogP contribution in [0, 0.1) is 11.3 Å². The van der Waals surface area contributed by atoms with Crippen molar-refractivity contribution in [2.45, 2.75) is 88.8 Å². The molecule has 1 aromatic carbocycles. The van der Waals surface area contributed by atoms with Crippen LogP contribution in [-0.2, 0) is 28.4 Å². The molecule has 2 saturated carbocycles. The van der Waals surface area contributed by atoms with Crippen LogP contribution in [0.2, 0.25) is 0 Å². The molecule has 2 aliphatic carbocycles. The average Bonchev–Trinajstić information content (AvgIpc) is 3.48. The van der Waals surface area contributed by atoms with Crippen molar-refractivity contribution >= 4 is 5.91 Å². The number of benzene rings is 1. The first-order valence-electron chi connectivity index (χ1n) is 12.4. The molecule has 2 unspecified atom stereocenters. The maximum absolute atomic E-state index is 13.5. The quantitative estimate of drug-likeness (QED) is 0.477. The highest BCUT2D eigenvalue weighted by molar-refractivity contribution is 5.83. The SMILES string of the molecule is O=C(NCc1cc(C(F)(F)F)cc(C(F)(F)F)c1)C1(C2CCCC2)CCC(NC2CCOCC2)C1. The van der Waals surface area contributed by atoms with Crippen molar-refractivity contribution in [3.05, 3.63) is 34.9 Å². The molecule has 10 heteroatoms. The van der Waals surface area contributed by atoms with Gasteiger partial charge in [-0.15, -0.1) is 0 Å². The van der Waals surface area contributed by atoms with Crippen LogP contribution in [-0.4, -0.2) is 31.2 Å². The van der Waals surface area contributed by atoms with E-state index in [1.54, 1.807) is 0 Å². The first-order chi connectivity index (χ1) is 16.5. The summed E-state index contributed by atoms with van der Waals surface area (Å²) < 4.78 is 84.7. The summed E-state index contributed by atoms with van der Waals surface area (Å²) in [6.07, 6.45) is -1.99. The fourth-order valence-corrected chi connectivity index (χ4v) is 6.14. The van der Waals surface area contributed by atoms with Gasteiger partial charge in [-0.3, -0.25) is 4.79 Å². The Morgan fingerprint density at radius 2 is 1.49 bits per heavy atom. The molecule has 0 bridgehead atoms. The lowest BCUT2D eigenvalue weighted by Gasteiger charge is -2.35. The number of hydrogen-bond acceptors (Lipinski definition) is 3. The standard InChI is InChI=1S/C25H32F6N2O2/c26-24(27,28)18-11-16(12-19(13-18)25(29,30)31)15-32-22(34)23(17-3-1-2-4-17)8-5-21(14-23)33-20-6-9-35-10-7-20/h11-13,17,20-21,33H,1-10,14-15H2,(H,32,34). The molecule has 1 heterocycles. The fourth-order valence-electron chi connectivity index (χ4n) is 6.14. The summed E-state index contributed by atoms with van der Waals surface area (Å²) in [6, 6.07) is 1.97. The van der Waals surface area contributed by atoms with Crippen LogP contribution >= 0.6 is 0 Å². The van der Waals surface area contributed by atoms with Gasteiger partial charge in [-0.05, 0) is 74.6 Å². The van der Waals surface area contributed by atoms with E-state index in [2.05, 4.69) is 10.6 Å². The Morgan fingerprint density at radius 1 is 0.886 bits per heavy atom. The van der Waals surface area contributed by atoms with Crippen LogP contribution in [0.4, 0.5) is 26.3 Å². The average molecular weight is 507 g/mol. The Bertz CT molecular complexity index is 859. The zero-order valence-electron chi connectivity index (χ0n) is 19.5. The normalized spacial score (nSPS) is 26.9. The van der Waals surface area contributed by atoms with E-state index in [-0.39, 0.29) is 36.0 Å². The Labute approximate surface area is 201 Å². The summed E-state index contributed by atoms with van der Waals surface area (Å²) >= 11 is 0. The number of nitrogens with one attached hydrogen (secondary N) is 2. The molecule has 0 radical (unpaired) electrons. The van der Waals surface area contributed by atoms with Crippen LogP contribution in [0.3, 0.4) is 0 Å². The summed E-state index contributed by atoms with van der Waals surface area (Å²) in [7, 11) is 0. The molecule has 3 fully saturated rings. The summed E-state index contributed by atoms with van der Waals surface area (Å²) in [5.74, 6) is -0.0807. The third-order valence-electron chi connectivity index (χ3n) is 7.93. The van der Waals surface area contributed by atoms with E-state index in [9.17, 15) is 31.1 Å². The van der Waals surface area contributed by atoms with E-state index in [1.165, 1.54) is 0 Å². The fraction of sp³-hybridized carbons (Fsp3) is 0.720. The van der Waals surface area contributed by atoms with Gasteiger partial charge in [0, 0.05) is 31.8 Å². The molecule has 1 aromatic rings. The van der Waals surface area contributed by atoms with Gasteiger partial charge >= 0.3 is 12.4 Å². The number of ether oxygens (including phenoxy) is 1. The zero-order valence-corrected chi connectivity index (χ0v) is 19.5. The number of carbonyl (C=O) groups excluding carboxylic acids is 1. The van der Waals surface area contributed by atoms with Gasteiger partial charge in [0.1, 0.15) is 0 Å². The minimum absolute atomic E-state index is 0.106. The maximum atomic E-state index is 13.5. The molecule has 2 atom stereocenters. The van der Waals surface area contributed by atoms with E-state index < -0.39 is 28.9 Å². The van der Waals surface area contributed by atoms with Crippen molar-refractivity contribution in [2.75, 3.05) is 13.2 Å². The second kappa shape index (κ2) is 10.3. The molecule has 4 rings (SSSR count). The number of rotatable bonds is 6. The Hall–Kier alpha value is -1.81. The Balaban J connectivity index is 1.49. The third-order valence-corrected chi connectivity index (χ3v) is 7.93. The van der Waals surface area contributed by atoms with Gasteiger partial charge < -0.3 is 15.4 Å². The third kappa shape index (κ3) is 6.13. The molecular weight excluding hydrogens is 474 g/mol. The van der Waals surface area contributed by atoms with Crippen molar-refractivity contribution in [3.8, 4) is 0 Å². The van der Waals surface area contributed by atoms with Gasteiger partial charge in [0.2, 0.25) is 5.91 Å². The molecule has 1 saturated heterocycles. The van der Waals surface area contributed by atoms with Crippen LogP contribution in [0.25, 0.3) is 0 Å². The summed E-state index contributed by atoms with van der Waals surface area (Å²) in [6.45, 7) is 1.03. The number of halogens is 6. The maximum Gasteiger partial charge on any atom is 0.416 e. The zero-order chi connectivity index (χ0) is 25.3. The van der Waals surface area contributed by atoms with Gasteiger partial charge in [-0.2, -0.15) is 26.3 Å². The largest absolute Gasteiger partial charge is 0.416 e. The van der Waals surface area contributed by atoms with Gasteiger partial charge in [-0.1, -0.05) is 12.8 Å². The molecule has 4 nitrogen and oxygen atoms in total. The molecule has 2 N–H and O–H groups in total. The van der Waals surface area contributed by atoms with Crippen molar-refractivity contribution in [1.29, 1.82) is 0 Å². The van der Waals surface area contributed by atoms with E-state index in [4.69, 9.17) is 4.74 Å².